The van der Waals surface area contributed by atoms with E-state index in [1.807, 2.05) is 13.8 Å². The van der Waals surface area contributed by atoms with E-state index in [1.54, 1.807) is 6.08 Å². The van der Waals surface area contributed by atoms with Crippen molar-refractivity contribution in [2.75, 3.05) is 0 Å². The van der Waals surface area contributed by atoms with Crippen LogP contribution in [-0.4, -0.2) is 0 Å². The lowest BCUT2D eigenvalue weighted by atomic mass is 10.3. The van der Waals surface area contributed by atoms with E-state index >= 15 is 0 Å². The highest BCUT2D eigenvalue weighted by Crippen LogP contribution is 1.83. The number of hydrogen-bond acceptors (Lipinski definition) is 0. The molecule has 0 aliphatic heterocycles. The number of rotatable bonds is 1. The Labute approximate surface area is 39.2 Å². The van der Waals surface area contributed by atoms with Gasteiger partial charge in [-0.2, -0.15) is 0 Å². The first-order valence-corrected chi connectivity index (χ1v) is 1.95. The van der Waals surface area contributed by atoms with E-state index in [9.17, 15) is 0 Å². The third kappa shape index (κ3) is 3.39. The van der Waals surface area contributed by atoms with Gasteiger partial charge in [-0.05, 0) is 13.8 Å². The molecule has 0 nitrogen and oxygen atoms in total. The standard InChI is InChI=1S/C6H9/c1-4-5-6(2)3/h4H,1H2,2-3H3/q+1. The molecule has 32 valence electrons. The summed E-state index contributed by atoms with van der Waals surface area (Å²) in [5.41, 5.74) is 1.17. The van der Waals surface area contributed by atoms with E-state index in [1.165, 1.54) is 5.57 Å². The van der Waals surface area contributed by atoms with Gasteiger partial charge in [-0.15, -0.1) is 0 Å². The fourth-order valence-electron chi connectivity index (χ4n) is 0.204. The Morgan fingerprint density at radius 3 is 2.17 bits per heavy atom. The lowest BCUT2D eigenvalue weighted by Crippen LogP contribution is -1.56. The van der Waals surface area contributed by atoms with E-state index in [-0.39, 0.29) is 0 Å². The molecule has 0 spiro atoms. The van der Waals surface area contributed by atoms with Gasteiger partial charge in [0.15, 0.2) is 6.08 Å². The van der Waals surface area contributed by atoms with Gasteiger partial charge < -0.3 is 0 Å². The van der Waals surface area contributed by atoms with Crippen molar-refractivity contribution in [3.8, 4) is 0 Å². The predicted octanol–water partition coefficient (Wildman–Crippen LogP) is 1.94. The fourth-order valence-corrected chi connectivity index (χ4v) is 0.204. The summed E-state index contributed by atoms with van der Waals surface area (Å²) >= 11 is 0. The van der Waals surface area contributed by atoms with Crippen molar-refractivity contribution in [3.63, 3.8) is 0 Å². The van der Waals surface area contributed by atoms with E-state index in [0.717, 1.165) is 0 Å². The quantitative estimate of drug-likeness (QED) is 0.334. The molecule has 0 saturated carbocycles. The first-order chi connectivity index (χ1) is 2.77. The molecule has 0 saturated heterocycles. The Kier molecular flexibility index (Phi) is 2.35. The van der Waals surface area contributed by atoms with Crippen LogP contribution in [0, 0.1) is 6.08 Å². The first kappa shape index (κ1) is 5.39. The van der Waals surface area contributed by atoms with Gasteiger partial charge in [0.1, 0.15) is 0 Å². The lowest BCUT2D eigenvalue weighted by molar-refractivity contribution is 1.37. The topological polar surface area (TPSA) is 0 Å². The highest BCUT2D eigenvalue weighted by molar-refractivity contribution is 4.96. The lowest BCUT2D eigenvalue weighted by Gasteiger charge is -1.64. The van der Waals surface area contributed by atoms with Crippen LogP contribution in [0.5, 0.6) is 0 Å². The minimum absolute atomic E-state index is 1.17. The molecule has 0 aromatic heterocycles. The Bertz CT molecular complexity index is 64.1. The summed E-state index contributed by atoms with van der Waals surface area (Å²) < 4.78 is 0. The zero-order valence-electron chi connectivity index (χ0n) is 4.28. The van der Waals surface area contributed by atoms with Gasteiger partial charge in [0.2, 0.25) is 0 Å². The van der Waals surface area contributed by atoms with Crippen LogP contribution in [0.1, 0.15) is 13.8 Å². The minimum Gasteiger partial charge on any atom is -0.0157 e. The average Bonchev–Trinajstić information content (AvgIpc) is 1.35. The Balaban J connectivity index is 3.41. The third-order valence-electron chi connectivity index (χ3n) is 0.391. The number of hydrogen-bond donors (Lipinski definition) is 0. The highest BCUT2D eigenvalue weighted by Gasteiger charge is 1.76. The van der Waals surface area contributed by atoms with Crippen LogP contribution in [0.4, 0.5) is 0 Å². The minimum atomic E-state index is 1.17. The van der Waals surface area contributed by atoms with Crippen molar-refractivity contribution in [1.29, 1.82) is 0 Å². The molecule has 0 rings (SSSR count). The molecule has 0 atom stereocenters. The predicted molar refractivity (Wildman–Crippen MR) is 28.3 cm³/mol. The summed E-state index contributed by atoms with van der Waals surface area (Å²) in [6, 6.07) is 0. The van der Waals surface area contributed by atoms with Crippen LogP contribution in [0.2, 0.25) is 0 Å². The third-order valence-corrected chi connectivity index (χ3v) is 0.391. The monoisotopic (exact) mass is 81.1 g/mol. The summed E-state index contributed by atoms with van der Waals surface area (Å²) in [6.45, 7) is 7.44. The van der Waals surface area contributed by atoms with Crippen molar-refractivity contribution in [1.82, 2.24) is 0 Å². The largest absolute Gasteiger partial charge is 0.152 e. The molecule has 0 aliphatic rings. The molecule has 0 aromatic carbocycles. The second-order valence-corrected chi connectivity index (χ2v) is 1.35. The van der Waals surface area contributed by atoms with Crippen LogP contribution < -0.4 is 0 Å². The Morgan fingerprint density at radius 2 is 2.17 bits per heavy atom. The van der Waals surface area contributed by atoms with Crippen molar-refractivity contribution in [3.05, 3.63) is 24.3 Å². The van der Waals surface area contributed by atoms with Gasteiger partial charge in [0, 0.05) is 6.58 Å². The van der Waals surface area contributed by atoms with Gasteiger partial charge in [-0.1, -0.05) is 0 Å². The van der Waals surface area contributed by atoms with Gasteiger partial charge in [0.25, 0.3) is 0 Å². The molecule has 0 bridgehead atoms. The Hall–Kier alpha value is -0.610. The molecule has 0 fully saturated rings. The molecule has 0 aliphatic carbocycles. The SMILES string of the molecule is C=C[C+]=C(C)C. The maximum Gasteiger partial charge on any atom is 0.152 e. The van der Waals surface area contributed by atoms with Crippen molar-refractivity contribution >= 4 is 0 Å². The van der Waals surface area contributed by atoms with Crippen LogP contribution in [0.15, 0.2) is 18.2 Å². The molecule has 6 heavy (non-hydrogen) atoms. The van der Waals surface area contributed by atoms with Gasteiger partial charge >= 0.3 is 0 Å². The van der Waals surface area contributed by atoms with Crippen molar-refractivity contribution < 1.29 is 0 Å². The fraction of sp³-hybridized carbons (Fsp3) is 0.333. The zero-order chi connectivity index (χ0) is 4.99. The van der Waals surface area contributed by atoms with E-state index in [2.05, 4.69) is 12.7 Å². The summed E-state index contributed by atoms with van der Waals surface area (Å²) in [5, 5.41) is 0. The van der Waals surface area contributed by atoms with Crippen molar-refractivity contribution in [2.45, 2.75) is 13.8 Å². The molecule has 0 unspecified atom stereocenters. The molecule has 0 heterocycles. The molecule has 0 aromatic rings. The normalized spacial score (nSPS) is 6.33. The number of allylic oxidation sites excluding steroid dienone is 3. The van der Waals surface area contributed by atoms with E-state index in [0.29, 0.717) is 0 Å². The van der Waals surface area contributed by atoms with Crippen molar-refractivity contribution in [2.24, 2.45) is 0 Å². The van der Waals surface area contributed by atoms with Crippen LogP contribution in [0.25, 0.3) is 0 Å². The summed E-state index contributed by atoms with van der Waals surface area (Å²) in [7, 11) is 0. The smallest absolute Gasteiger partial charge is 0.0157 e. The molecular formula is C6H9+. The second kappa shape index (κ2) is 2.62. The van der Waals surface area contributed by atoms with Crippen LogP contribution in [-0.2, 0) is 0 Å². The van der Waals surface area contributed by atoms with Gasteiger partial charge in [-0.25, -0.2) is 0 Å². The van der Waals surface area contributed by atoms with Gasteiger partial charge in [-0.3, -0.25) is 0 Å². The summed E-state index contributed by atoms with van der Waals surface area (Å²) in [4.78, 5) is 0. The molecular weight excluding hydrogens is 72.1 g/mol. The maximum absolute atomic E-state index is 3.47. The average molecular weight is 81.1 g/mol. The highest BCUT2D eigenvalue weighted by atomic mass is 13.7. The van der Waals surface area contributed by atoms with Crippen LogP contribution >= 0.6 is 0 Å². The molecule has 0 amide bonds. The molecule has 0 N–H and O–H groups in total. The molecule has 0 radical (unpaired) electrons. The van der Waals surface area contributed by atoms with E-state index < -0.39 is 0 Å². The van der Waals surface area contributed by atoms with Crippen LogP contribution in [0.3, 0.4) is 0 Å². The van der Waals surface area contributed by atoms with E-state index in [4.69, 9.17) is 0 Å². The van der Waals surface area contributed by atoms with Gasteiger partial charge in [0.05, 0.1) is 11.6 Å². The maximum atomic E-state index is 3.47. The first-order valence-electron chi connectivity index (χ1n) is 1.95. The zero-order valence-corrected chi connectivity index (χ0v) is 4.28. The summed E-state index contributed by atoms with van der Waals surface area (Å²) in [5.74, 6) is 0. The summed E-state index contributed by atoms with van der Waals surface area (Å²) in [6.07, 6.45) is 4.55. The second-order valence-electron chi connectivity index (χ2n) is 1.35. The Morgan fingerprint density at radius 1 is 1.67 bits per heavy atom. The molecule has 0 heteroatoms.